The molecule has 21 heavy (non-hydrogen) atoms. The van der Waals surface area contributed by atoms with Crippen LogP contribution in [0.3, 0.4) is 0 Å². The van der Waals surface area contributed by atoms with E-state index in [-0.39, 0.29) is 29.5 Å². The number of nitrogens with two attached hydrogens (primary N) is 1. The molecule has 0 atom stereocenters. The number of fused-ring (bicyclic) bond motifs is 2. The number of rotatable bonds is 3. The van der Waals surface area contributed by atoms with Crippen LogP contribution in [0.2, 0.25) is 0 Å². The number of carbonyl (C=O) groups is 1. The Labute approximate surface area is 136 Å². The van der Waals surface area contributed by atoms with Gasteiger partial charge in [-0.2, -0.15) is 0 Å². The second-order valence-electron chi connectivity index (χ2n) is 4.30. The Kier molecular flexibility index (Phi) is 4.89. The number of halogens is 1. The maximum absolute atomic E-state index is 11.6. The largest absolute Gasteiger partial charge is 1.00 e. The van der Waals surface area contributed by atoms with E-state index >= 15 is 0 Å². The monoisotopic (exact) mass is 374 g/mol. The number of aromatic nitrogens is 1. The molecule has 1 aliphatic rings. The van der Waals surface area contributed by atoms with Gasteiger partial charge in [0.2, 0.25) is 0 Å². The maximum atomic E-state index is 11.6. The fraction of sp³-hybridized carbons (Fsp3) is 0.385. The summed E-state index contributed by atoms with van der Waals surface area (Å²) in [6.45, 7) is 3.30. The molecule has 0 amide bonds. The molecule has 0 radical (unpaired) electrons. The first kappa shape index (κ1) is 15.8. The number of hydrogen-bond acceptors (Lipinski definition) is 6. The van der Waals surface area contributed by atoms with E-state index in [1.54, 1.807) is 11.5 Å². The number of anilines is 1. The summed E-state index contributed by atoms with van der Waals surface area (Å²) in [5.41, 5.74) is 6.84. The van der Waals surface area contributed by atoms with Crippen LogP contribution in [-0.4, -0.2) is 25.8 Å². The number of esters is 1. The molecule has 6 nitrogen and oxygen atoms in total. The maximum Gasteiger partial charge on any atom is 0.348 e. The summed E-state index contributed by atoms with van der Waals surface area (Å²) in [4.78, 5) is 11.6. The van der Waals surface area contributed by atoms with Crippen LogP contribution in [0.1, 0.15) is 6.92 Å². The van der Waals surface area contributed by atoms with Crippen molar-refractivity contribution >= 4 is 32.7 Å². The number of nitrogens with zero attached hydrogens (tertiary/aromatic N) is 1. The van der Waals surface area contributed by atoms with Gasteiger partial charge in [0.15, 0.2) is 18.0 Å². The zero-order chi connectivity index (χ0) is 14.1. The molecule has 0 fully saturated rings. The molecular weight excluding hydrogens is 360 g/mol. The zero-order valence-electron chi connectivity index (χ0n) is 11.4. The third-order valence-electron chi connectivity index (χ3n) is 2.99. The molecule has 8 heteroatoms. The quantitative estimate of drug-likeness (QED) is 0.502. The molecular formula is C13H15BrN2O4S. The van der Waals surface area contributed by atoms with Gasteiger partial charge in [-0.3, -0.25) is 5.73 Å². The summed E-state index contributed by atoms with van der Waals surface area (Å²) >= 11 is 1.41. The molecule has 0 spiro atoms. The van der Waals surface area contributed by atoms with Crippen molar-refractivity contribution in [2.75, 3.05) is 25.6 Å². The minimum atomic E-state index is -0.307. The summed E-state index contributed by atoms with van der Waals surface area (Å²) < 4.78 is 18.8. The molecule has 3 rings (SSSR count). The van der Waals surface area contributed by atoms with Gasteiger partial charge in [-0.15, -0.1) is 0 Å². The Morgan fingerprint density at radius 2 is 2.05 bits per heavy atom. The van der Waals surface area contributed by atoms with Crippen molar-refractivity contribution in [1.29, 1.82) is 0 Å². The lowest BCUT2D eigenvalue weighted by molar-refractivity contribution is -0.641. The molecule has 1 aromatic heterocycles. The van der Waals surface area contributed by atoms with Crippen LogP contribution in [0.15, 0.2) is 12.1 Å². The summed E-state index contributed by atoms with van der Waals surface area (Å²) in [7, 11) is 0. The lowest BCUT2D eigenvalue weighted by Crippen LogP contribution is -3.00. The molecule has 2 N–H and O–H groups in total. The fourth-order valence-corrected chi connectivity index (χ4v) is 3.08. The Balaban J connectivity index is 0.00000161. The summed E-state index contributed by atoms with van der Waals surface area (Å²) in [5.74, 6) is 1.09. The smallest absolute Gasteiger partial charge is 0.348 e. The molecule has 2 aromatic rings. The molecule has 1 aromatic carbocycles. The van der Waals surface area contributed by atoms with Crippen LogP contribution in [-0.2, 0) is 16.1 Å². The van der Waals surface area contributed by atoms with Gasteiger partial charge in [0.25, 0.3) is 0 Å². The van der Waals surface area contributed by atoms with Gasteiger partial charge in [-0.1, -0.05) is 0 Å². The molecule has 2 heterocycles. The van der Waals surface area contributed by atoms with Gasteiger partial charge in [-0.05, 0) is 18.3 Å². The van der Waals surface area contributed by atoms with Gasteiger partial charge in [-0.25, -0.2) is 9.36 Å². The van der Waals surface area contributed by atoms with E-state index < -0.39 is 0 Å². The van der Waals surface area contributed by atoms with Crippen molar-refractivity contribution in [2.45, 2.75) is 13.5 Å². The average Bonchev–Trinajstić information content (AvgIpc) is 2.72. The van der Waals surface area contributed by atoms with E-state index in [1.165, 1.54) is 11.3 Å². The van der Waals surface area contributed by atoms with Crippen LogP contribution in [0.5, 0.6) is 11.5 Å². The topological polar surface area (TPSA) is 74.7 Å². The third-order valence-corrected chi connectivity index (χ3v) is 3.96. The lowest BCUT2D eigenvalue weighted by Gasteiger charge is -2.17. The molecule has 0 aliphatic carbocycles. The predicted octanol–water partition coefficient (Wildman–Crippen LogP) is -1.89. The fourth-order valence-electron chi connectivity index (χ4n) is 2.14. The summed E-state index contributed by atoms with van der Waals surface area (Å²) in [5, 5.41) is 0.551. The van der Waals surface area contributed by atoms with Crippen molar-refractivity contribution in [1.82, 2.24) is 0 Å². The molecule has 0 saturated heterocycles. The highest BCUT2D eigenvalue weighted by Crippen LogP contribution is 2.36. The Bertz CT molecular complexity index is 674. The van der Waals surface area contributed by atoms with Gasteiger partial charge in [0, 0.05) is 12.1 Å². The Morgan fingerprint density at radius 3 is 2.71 bits per heavy atom. The Morgan fingerprint density at radius 1 is 1.38 bits per heavy atom. The van der Waals surface area contributed by atoms with Crippen molar-refractivity contribution in [3.63, 3.8) is 0 Å². The number of benzene rings is 1. The van der Waals surface area contributed by atoms with Crippen LogP contribution in [0, 0.1) is 0 Å². The average molecular weight is 375 g/mol. The highest BCUT2D eigenvalue weighted by molar-refractivity contribution is 7.21. The molecule has 0 unspecified atom stereocenters. The molecule has 1 aliphatic heterocycles. The summed E-state index contributed by atoms with van der Waals surface area (Å²) in [6.07, 6.45) is 0. The highest BCUT2D eigenvalue weighted by Gasteiger charge is 2.22. The van der Waals surface area contributed by atoms with Crippen LogP contribution >= 0.6 is 11.3 Å². The number of ether oxygens (including phenoxy) is 3. The first-order valence-corrected chi connectivity index (χ1v) is 7.17. The second-order valence-corrected chi connectivity index (χ2v) is 5.36. The lowest BCUT2D eigenvalue weighted by atomic mass is 10.2. The van der Waals surface area contributed by atoms with E-state index in [0.29, 0.717) is 36.5 Å². The van der Waals surface area contributed by atoms with Gasteiger partial charge in [0.05, 0.1) is 11.3 Å². The Hall–Kier alpha value is -1.54. The van der Waals surface area contributed by atoms with Crippen LogP contribution in [0.25, 0.3) is 10.2 Å². The zero-order valence-corrected chi connectivity index (χ0v) is 13.8. The van der Waals surface area contributed by atoms with E-state index in [2.05, 4.69) is 0 Å². The standard InChI is InChI=1S/C13H14N2O4S.BrH/c1-2-17-12(16)7-15-8-5-9-10(19-4-3-18-9)6-11(8)20-13(15)14;/h5-6,14H,2-4,7H2,1H3;1H. The van der Waals surface area contributed by atoms with E-state index in [4.69, 9.17) is 19.9 Å². The first-order chi connectivity index (χ1) is 9.69. The van der Waals surface area contributed by atoms with E-state index in [9.17, 15) is 4.79 Å². The normalized spacial score (nSPS) is 12.8. The van der Waals surface area contributed by atoms with Gasteiger partial charge < -0.3 is 31.2 Å². The van der Waals surface area contributed by atoms with Crippen molar-refractivity contribution < 1.29 is 40.6 Å². The minimum Gasteiger partial charge on any atom is -1.00 e. The minimum absolute atomic E-state index is 0. The van der Waals surface area contributed by atoms with E-state index in [1.807, 2.05) is 12.1 Å². The van der Waals surface area contributed by atoms with Gasteiger partial charge >= 0.3 is 11.1 Å². The third kappa shape index (κ3) is 3.06. The van der Waals surface area contributed by atoms with Crippen molar-refractivity contribution in [3.8, 4) is 11.5 Å². The molecule has 0 bridgehead atoms. The van der Waals surface area contributed by atoms with Gasteiger partial charge in [0.1, 0.15) is 18.7 Å². The van der Waals surface area contributed by atoms with Crippen molar-refractivity contribution in [2.24, 2.45) is 0 Å². The van der Waals surface area contributed by atoms with Crippen molar-refractivity contribution in [3.05, 3.63) is 12.1 Å². The summed E-state index contributed by atoms with van der Waals surface area (Å²) in [6, 6.07) is 3.75. The molecule has 0 saturated carbocycles. The van der Waals surface area contributed by atoms with Crippen LogP contribution < -0.4 is 36.8 Å². The predicted molar refractivity (Wildman–Crippen MR) is 74.1 cm³/mol. The van der Waals surface area contributed by atoms with E-state index in [0.717, 1.165) is 10.2 Å². The highest BCUT2D eigenvalue weighted by atomic mass is 79.9. The molecule has 114 valence electrons. The number of carbonyl (C=O) groups excluding carboxylic acids is 1. The number of nitrogen functional groups attached to an aromatic ring is 1. The number of hydrogen-bond donors (Lipinski definition) is 1. The number of thiazole rings is 1. The van der Waals surface area contributed by atoms with Crippen LogP contribution in [0.4, 0.5) is 5.13 Å². The SMILES string of the molecule is CCOC(=O)C[n+]1c(N)sc2cc3c(cc21)OCCO3.[Br-]. The second kappa shape index (κ2) is 6.48. The first-order valence-electron chi connectivity index (χ1n) is 6.36.